The second-order valence-corrected chi connectivity index (χ2v) is 6.05. The van der Waals surface area contributed by atoms with Gasteiger partial charge in [-0.05, 0) is 24.8 Å². The first-order valence-electron chi connectivity index (χ1n) is 7.98. The van der Waals surface area contributed by atoms with Gasteiger partial charge in [-0.2, -0.15) is 13.2 Å². The van der Waals surface area contributed by atoms with Crippen molar-refractivity contribution in [2.45, 2.75) is 38.3 Å². The van der Waals surface area contributed by atoms with Crippen LogP contribution in [0.4, 0.5) is 24.5 Å². The molecular weight excluding hydrogens is 357 g/mol. The Hall–Kier alpha value is -2.65. The average molecular weight is 374 g/mol. The standard InChI is InChI=1S/C16H17F3N2O5/c17-16(18,19)12-8-11(21(24)25)5-6-13(12)20-14(22)9-26-15(23)7-10-3-1-2-4-10/h5-6,8,10H,1-4,7,9H2,(H,20,22). The fourth-order valence-corrected chi connectivity index (χ4v) is 2.83. The zero-order chi connectivity index (χ0) is 19.3. The van der Waals surface area contributed by atoms with Gasteiger partial charge in [-0.3, -0.25) is 19.7 Å². The third-order valence-electron chi connectivity index (χ3n) is 4.09. The first kappa shape index (κ1) is 19.7. The lowest BCUT2D eigenvalue weighted by atomic mass is 10.0. The van der Waals surface area contributed by atoms with Gasteiger partial charge in [-0.25, -0.2) is 0 Å². The molecule has 1 aromatic carbocycles. The van der Waals surface area contributed by atoms with Crippen molar-refractivity contribution in [2.75, 3.05) is 11.9 Å². The number of hydrogen-bond acceptors (Lipinski definition) is 5. The topological polar surface area (TPSA) is 98.5 Å². The quantitative estimate of drug-likeness (QED) is 0.465. The van der Waals surface area contributed by atoms with Gasteiger partial charge < -0.3 is 10.1 Å². The zero-order valence-electron chi connectivity index (χ0n) is 13.7. The number of esters is 1. The third-order valence-corrected chi connectivity index (χ3v) is 4.09. The van der Waals surface area contributed by atoms with Crippen LogP contribution in [0.1, 0.15) is 37.7 Å². The number of non-ortho nitro benzene ring substituents is 1. The van der Waals surface area contributed by atoms with Crippen LogP contribution in [0.5, 0.6) is 0 Å². The number of nitro benzene ring substituents is 1. The van der Waals surface area contributed by atoms with Gasteiger partial charge in [-0.15, -0.1) is 0 Å². The summed E-state index contributed by atoms with van der Waals surface area (Å²) >= 11 is 0. The Kier molecular flexibility index (Phi) is 6.17. The number of hydrogen-bond donors (Lipinski definition) is 1. The molecular formula is C16H17F3N2O5. The minimum absolute atomic E-state index is 0.179. The summed E-state index contributed by atoms with van der Waals surface area (Å²) in [6.07, 6.45) is -0.804. The summed E-state index contributed by atoms with van der Waals surface area (Å²) in [5.74, 6) is -1.31. The lowest BCUT2D eigenvalue weighted by Gasteiger charge is -2.14. The molecule has 0 bridgehead atoms. The van der Waals surface area contributed by atoms with Crippen LogP contribution in [-0.4, -0.2) is 23.4 Å². The van der Waals surface area contributed by atoms with Crippen LogP contribution in [0.25, 0.3) is 0 Å². The molecule has 1 fully saturated rings. The highest BCUT2D eigenvalue weighted by atomic mass is 19.4. The van der Waals surface area contributed by atoms with Gasteiger partial charge in [0, 0.05) is 18.6 Å². The van der Waals surface area contributed by atoms with Crippen LogP contribution in [-0.2, 0) is 20.5 Å². The van der Waals surface area contributed by atoms with Gasteiger partial charge in [0.25, 0.3) is 11.6 Å². The molecule has 1 aliphatic carbocycles. The molecule has 0 aromatic heterocycles. The van der Waals surface area contributed by atoms with Crippen molar-refractivity contribution >= 4 is 23.3 Å². The summed E-state index contributed by atoms with van der Waals surface area (Å²) in [5, 5.41) is 12.6. The molecule has 0 spiro atoms. The molecule has 0 radical (unpaired) electrons. The Morgan fingerprint density at radius 3 is 2.50 bits per heavy atom. The molecule has 0 aliphatic heterocycles. The number of anilines is 1. The van der Waals surface area contributed by atoms with Gasteiger partial charge in [0.2, 0.25) is 0 Å². The number of carbonyl (C=O) groups excluding carboxylic acids is 2. The van der Waals surface area contributed by atoms with Crippen molar-refractivity contribution in [2.24, 2.45) is 5.92 Å². The zero-order valence-corrected chi connectivity index (χ0v) is 13.7. The molecule has 142 valence electrons. The number of alkyl halides is 3. The van der Waals surface area contributed by atoms with Gasteiger partial charge in [0.1, 0.15) is 0 Å². The Morgan fingerprint density at radius 1 is 1.27 bits per heavy atom. The predicted molar refractivity (Wildman–Crippen MR) is 84.3 cm³/mol. The number of nitrogens with zero attached hydrogens (tertiary/aromatic N) is 1. The number of amides is 1. The minimum Gasteiger partial charge on any atom is -0.456 e. The molecule has 1 amide bonds. The molecule has 0 heterocycles. The molecule has 1 saturated carbocycles. The highest BCUT2D eigenvalue weighted by Gasteiger charge is 2.35. The van der Waals surface area contributed by atoms with Crippen LogP contribution in [0.15, 0.2) is 18.2 Å². The van der Waals surface area contributed by atoms with Gasteiger partial charge in [-0.1, -0.05) is 12.8 Å². The summed E-state index contributed by atoms with van der Waals surface area (Å²) in [7, 11) is 0. The molecule has 7 nitrogen and oxygen atoms in total. The van der Waals surface area contributed by atoms with E-state index < -0.39 is 46.5 Å². The molecule has 2 rings (SSSR count). The second-order valence-electron chi connectivity index (χ2n) is 6.05. The van der Waals surface area contributed by atoms with Gasteiger partial charge in [0.15, 0.2) is 6.61 Å². The summed E-state index contributed by atoms with van der Waals surface area (Å²) < 4.78 is 43.9. The van der Waals surface area contributed by atoms with Crippen molar-refractivity contribution in [1.29, 1.82) is 0 Å². The smallest absolute Gasteiger partial charge is 0.418 e. The molecule has 0 unspecified atom stereocenters. The highest BCUT2D eigenvalue weighted by Crippen LogP contribution is 2.37. The van der Waals surface area contributed by atoms with Crippen LogP contribution >= 0.6 is 0 Å². The van der Waals surface area contributed by atoms with E-state index in [9.17, 15) is 32.9 Å². The van der Waals surface area contributed by atoms with Crippen LogP contribution < -0.4 is 5.32 Å². The van der Waals surface area contributed by atoms with E-state index in [1.54, 1.807) is 0 Å². The maximum Gasteiger partial charge on any atom is 0.418 e. The van der Waals surface area contributed by atoms with Crippen molar-refractivity contribution in [1.82, 2.24) is 0 Å². The van der Waals surface area contributed by atoms with E-state index in [2.05, 4.69) is 0 Å². The number of carbonyl (C=O) groups is 2. The normalized spacial score (nSPS) is 14.9. The number of benzene rings is 1. The van der Waals surface area contributed by atoms with Crippen molar-refractivity contribution in [3.8, 4) is 0 Å². The van der Waals surface area contributed by atoms with Crippen molar-refractivity contribution in [3.05, 3.63) is 33.9 Å². The SMILES string of the molecule is O=C(COC(=O)CC1CCCC1)Nc1ccc([N+](=O)[O-])cc1C(F)(F)F. The van der Waals surface area contributed by atoms with E-state index >= 15 is 0 Å². The van der Waals surface area contributed by atoms with Crippen LogP contribution in [0, 0.1) is 16.0 Å². The molecule has 1 aliphatic rings. The highest BCUT2D eigenvalue weighted by molar-refractivity contribution is 5.93. The molecule has 26 heavy (non-hydrogen) atoms. The lowest BCUT2D eigenvalue weighted by Crippen LogP contribution is -2.23. The number of rotatable bonds is 6. The number of nitrogens with one attached hydrogen (secondary N) is 1. The van der Waals surface area contributed by atoms with Crippen LogP contribution in [0.3, 0.4) is 0 Å². The van der Waals surface area contributed by atoms with Crippen molar-refractivity contribution < 1.29 is 32.4 Å². The second kappa shape index (κ2) is 8.15. The van der Waals surface area contributed by atoms with Crippen molar-refractivity contribution in [3.63, 3.8) is 0 Å². The fraction of sp³-hybridized carbons (Fsp3) is 0.500. The maximum absolute atomic E-state index is 13.0. The van der Waals surface area contributed by atoms with E-state index in [0.717, 1.165) is 37.8 Å². The molecule has 10 heteroatoms. The predicted octanol–water partition coefficient (Wildman–Crippen LogP) is 3.68. The maximum atomic E-state index is 13.0. The minimum atomic E-state index is -4.90. The monoisotopic (exact) mass is 374 g/mol. The average Bonchev–Trinajstić information content (AvgIpc) is 3.05. The number of halogens is 3. The molecule has 0 atom stereocenters. The molecule has 0 saturated heterocycles. The third kappa shape index (κ3) is 5.43. The van der Waals surface area contributed by atoms with Gasteiger partial charge >= 0.3 is 12.1 Å². The Balaban J connectivity index is 1.97. The number of ether oxygens (including phenoxy) is 1. The van der Waals surface area contributed by atoms with Crippen LogP contribution in [0.2, 0.25) is 0 Å². The van der Waals surface area contributed by atoms with E-state index in [0.29, 0.717) is 6.07 Å². The molecule has 1 N–H and O–H groups in total. The Morgan fingerprint density at radius 2 is 1.92 bits per heavy atom. The largest absolute Gasteiger partial charge is 0.456 e. The first-order chi connectivity index (χ1) is 12.2. The summed E-state index contributed by atoms with van der Waals surface area (Å²) in [6.45, 7) is -0.722. The Bertz CT molecular complexity index is 700. The van der Waals surface area contributed by atoms with E-state index in [1.165, 1.54) is 0 Å². The van der Waals surface area contributed by atoms with E-state index in [-0.39, 0.29) is 12.3 Å². The number of nitro groups is 1. The first-order valence-corrected chi connectivity index (χ1v) is 7.98. The summed E-state index contributed by atoms with van der Waals surface area (Å²) in [6, 6.07) is 1.97. The summed E-state index contributed by atoms with van der Waals surface area (Å²) in [5.41, 5.74) is -2.74. The van der Waals surface area contributed by atoms with E-state index in [1.807, 2.05) is 5.32 Å². The molecule has 1 aromatic rings. The Labute approximate surface area is 146 Å². The van der Waals surface area contributed by atoms with Gasteiger partial charge in [0.05, 0.1) is 16.2 Å². The van der Waals surface area contributed by atoms with E-state index in [4.69, 9.17) is 4.74 Å². The summed E-state index contributed by atoms with van der Waals surface area (Å²) in [4.78, 5) is 33.1. The fourth-order valence-electron chi connectivity index (χ4n) is 2.83. The lowest BCUT2D eigenvalue weighted by molar-refractivity contribution is -0.385.